The van der Waals surface area contributed by atoms with E-state index >= 15 is 0 Å². The van der Waals surface area contributed by atoms with Gasteiger partial charge in [-0.2, -0.15) is 0 Å². The predicted octanol–water partition coefficient (Wildman–Crippen LogP) is 3.42. The molecule has 0 saturated carbocycles. The quantitative estimate of drug-likeness (QED) is 0.880. The van der Waals surface area contributed by atoms with Crippen molar-refractivity contribution in [3.8, 4) is 11.5 Å². The predicted molar refractivity (Wildman–Crippen MR) is 92.3 cm³/mol. The number of anilines is 1. The third-order valence-corrected chi connectivity index (χ3v) is 4.17. The molecule has 0 bridgehead atoms. The molecule has 1 N–H and O–H groups in total. The molecule has 0 saturated heterocycles. The standard InChI is InChI=1S/C17H19NO4S/c1-13-4-7-15(8-5-13)18-23(19,20)11-10-14-6-9-16(21-2)17(12-14)22-3/h4-12,18H,1-3H3/b11-10+. The average Bonchev–Trinajstić information content (AvgIpc) is 2.54. The topological polar surface area (TPSA) is 64.6 Å². The summed E-state index contributed by atoms with van der Waals surface area (Å²) in [6.45, 7) is 1.94. The van der Waals surface area contributed by atoms with Crippen LogP contribution in [0, 0.1) is 6.92 Å². The van der Waals surface area contributed by atoms with Gasteiger partial charge in [0.25, 0.3) is 10.0 Å². The smallest absolute Gasteiger partial charge is 0.255 e. The van der Waals surface area contributed by atoms with E-state index in [1.54, 1.807) is 37.4 Å². The normalized spacial score (nSPS) is 11.4. The highest BCUT2D eigenvalue weighted by Gasteiger charge is 2.07. The van der Waals surface area contributed by atoms with Crippen molar-refractivity contribution >= 4 is 21.8 Å². The van der Waals surface area contributed by atoms with Gasteiger partial charge in [-0.1, -0.05) is 23.8 Å². The fourth-order valence-electron chi connectivity index (χ4n) is 1.94. The first-order chi connectivity index (χ1) is 10.9. The number of sulfonamides is 1. The Labute approximate surface area is 136 Å². The molecule has 23 heavy (non-hydrogen) atoms. The molecule has 0 unspecified atom stereocenters. The van der Waals surface area contributed by atoms with Crippen LogP contribution < -0.4 is 14.2 Å². The van der Waals surface area contributed by atoms with E-state index in [0.29, 0.717) is 22.7 Å². The third-order valence-electron chi connectivity index (χ3n) is 3.16. The minimum Gasteiger partial charge on any atom is -0.493 e. The van der Waals surface area contributed by atoms with Gasteiger partial charge < -0.3 is 9.47 Å². The number of hydrogen-bond acceptors (Lipinski definition) is 4. The first-order valence-electron chi connectivity index (χ1n) is 6.93. The molecule has 0 heterocycles. The lowest BCUT2D eigenvalue weighted by Crippen LogP contribution is -2.08. The molecule has 0 fully saturated rings. The van der Waals surface area contributed by atoms with Gasteiger partial charge in [0.1, 0.15) is 0 Å². The zero-order valence-corrected chi connectivity index (χ0v) is 14.1. The first kappa shape index (κ1) is 16.9. The second kappa shape index (κ2) is 7.19. The van der Waals surface area contributed by atoms with Crippen molar-refractivity contribution in [3.63, 3.8) is 0 Å². The molecule has 0 aliphatic carbocycles. The Balaban J connectivity index is 2.16. The Morgan fingerprint density at radius 1 is 0.957 bits per heavy atom. The van der Waals surface area contributed by atoms with Crippen LogP contribution in [0.1, 0.15) is 11.1 Å². The first-order valence-corrected chi connectivity index (χ1v) is 8.48. The second-order valence-corrected chi connectivity index (χ2v) is 6.50. The fraction of sp³-hybridized carbons (Fsp3) is 0.176. The van der Waals surface area contributed by atoms with E-state index in [-0.39, 0.29) is 0 Å². The van der Waals surface area contributed by atoms with Crippen molar-refractivity contribution < 1.29 is 17.9 Å². The van der Waals surface area contributed by atoms with Crippen LogP contribution in [-0.2, 0) is 10.0 Å². The van der Waals surface area contributed by atoms with Gasteiger partial charge in [0.15, 0.2) is 11.5 Å². The molecule has 0 radical (unpaired) electrons. The zero-order chi connectivity index (χ0) is 16.9. The van der Waals surface area contributed by atoms with Crippen LogP contribution in [0.25, 0.3) is 6.08 Å². The molecule has 122 valence electrons. The summed E-state index contributed by atoms with van der Waals surface area (Å²) in [5, 5.41) is 1.12. The van der Waals surface area contributed by atoms with Gasteiger partial charge in [-0.05, 0) is 42.8 Å². The van der Waals surface area contributed by atoms with E-state index < -0.39 is 10.0 Å². The minimum absolute atomic E-state index is 0.521. The number of nitrogens with one attached hydrogen (secondary N) is 1. The van der Waals surface area contributed by atoms with Crippen LogP contribution in [-0.4, -0.2) is 22.6 Å². The Morgan fingerprint density at radius 2 is 1.61 bits per heavy atom. The van der Waals surface area contributed by atoms with Crippen molar-refractivity contribution in [1.29, 1.82) is 0 Å². The second-order valence-electron chi connectivity index (χ2n) is 4.93. The van der Waals surface area contributed by atoms with E-state index in [2.05, 4.69) is 4.72 Å². The van der Waals surface area contributed by atoms with E-state index in [1.807, 2.05) is 19.1 Å². The van der Waals surface area contributed by atoms with Gasteiger partial charge in [-0.15, -0.1) is 0 Å². The third kappa shape index (κ3) is 4.75. The average molecular weight is 333 g/mol. The lowest BCUT2D eigenvalue weighted by Gasteiger charge is -2.08. The van der Waals surface area contributed by atoms with Crippen molar-refractivity contribution in [1.82, 2.24) is 0 Å². The Morgan fingerprint density at radius 3 is 2.22 bits per heavy atom. The zero-order valence-electron chi connectivity index (χ0n) is 13.2. The molecule has 0 atom stereocenters. The number of ether oxygens (including phenoxy) is 2. The van der Waals surface area contributed by atoms with Gasteiger partial charge in [0, 0.05) is 5.69 Å². The van der Waals surface area contributed by atoms with Gasteiger partial charge >= 0.3 is 0 Å². The number of methoxy groups -OCH3 is 2. The Kier molecular flexibility index (Phi) is 5.28. The van der Waals surface area contributed by atoms with Crippen molar-refractivity contribution in [2.45, 2.75) is 6.92 Å². The summed E-state index contributed by atoms with van der Waals surface area (Å²) in [4.78, 5) is 0. The lowest BCUT2D eigenvalue weighted by molar-refractivity contribution is 0.355. The number of hydrogen-bond donors (Lipinski definition) is 1. The monoisotopic (exact) mass is 333 g/mol. The number of rotatable bonds is 6. The summed E-state index contributed by atoms with van der Waals surface area (Å²) in [6.07, 6.45) is 1.50. The Bertz CT molecular complexity index is 796. The van der Waals surface area contributed by atoms with Crippen LogP contribution >= 0.6 is 0 Å². The maximum Gasteiger partial charge on any atom is 0.255 e. The fourth-order valence-corrected chi connectivity index (χ4v) is 2.81. The van der Waals surface area contributed by atoms with Crippen LogP contribution in [0.2, 0.25) is 0 Å². The van der Waals surface area contributed by atoms with E-state index in [0.717, 1.165) is 11.0 Å². The van der Waals surface area contributed by atoms with Crippen molar-refractivity contribution in [2.75, 3.05) is 18.9 Å². The Hall–Kier alpha value is -2.47. The number of aryl methyl sites for hydroxylation is 1. The van der Waals surface area contributed by atoms with Crippen LogP contribution in [0.3, 0.4) is 0 Å². The maximum atomic E-state index is 12.1. The van der Waals surface area contributed by atoms with Crippen LogP contribution in [0.15, 0.2) is 47.9 Å². The molecular weight excluding hydrogens is 314 g/mol. The SMILES string of the molecule is COc1ccc(/C=C/S(=O)(=O)Nc2ccc(C)cc2)cc1OC. The van der Waals surface area contributed by atoms with Gasteiger partial charge in [-0.25, -0.2) is 8.42 Å². The van der Waals surface area contributed by atoms with Crippen LogP contribution in [0.5, 0.6) is 11.5 Å². The van der Waals surface area contributed by atoms with E-state index in [9.17, 15) is 8.42 Å². The minimum atomic E-state index is -3.58. The molecule has 0 spiro atoms. The molecule has 0 aliphatic rings. The highest BCUT2D eigenvalue weighted by atomic mass is 32.2. The lowest BCUT2D eigenvalue weighted by atomic mass is 10.2. The maximum absolute atomic E-state index is 12.1. The number of benzene rings is 2. The van der Waals surface area contributed by atoms with Crippen molar-refractivity contribution in [3.05, 3.63) is 59.0 Å². The summed E-state index contributed by atoms with van der Waals surface area (Å²) in [7, 11) is -0.510. The summed E-state index contributed by atoms with van der Waals surface area (Å²) < 4.78 is 37.0. The molecule has 2 rings (SSSR count). The van der Waals surface area contributed by atoms with Gasteiger partial charge in [0.05, 0.1) is 19.6 Å². The van der Waals surface area contributed by atoms with Gasteiger partial charge in [-0.3, -0.25) is 4.72 Å². The highest BCUT2D eigenvalue weighted by Crippen LogP contribution is 2.28. The summed E-state index contributed by atoms with van der Waals surface area (Å²) in [5.74, 6) is 1.13. The van der Waals surface area contributed by atoms with Gasteiger partial charge in [0.2, 0.25) is 0 Å². The highest BCUT2D eigenvalue weighted by molar-refractivity contribution is 7.95. The summed E-state index contributed by atoms with van der Waals surface area (Å²) in [6, 6.07) is 12.3. The molecule has 2 aromatic rings. The summed E-state index contributed by atoms with van der Waals surface area (Å²) in [5.41, 5.74) is 2.28. The van der Waals surface area contributed by atoms with E-state index in [1.165, 1.54) is 13.2 Å². The molecule has 2 aromatic carbocycles. The molecular formula is C17H19NO4S. The molecule has 0 aliphatic heterocycles. The summed E-state index contributed by atoms with van der Waals surface area (Å²) >= 11 is 0. The van der Waals surface area contributed by atoms with Crippen molar-refractivity contribution in [2.24, 2.45) is 0 Å². The molecule has 0 aromatic heterocycles. The van der Waals surface area contributed by atoms with Crippen LogP contribution in [0.4, 0.5) is 5.69 Å². The molecule has 5 nitrogen and oxygen atoms in total. The molecule has 6 heteroatoms. The largest absolute Gasteiger partial charge is 0.493 e. The molecule has 0 amide bonds. The van der Waals surface area contributed by atoms with E-state index in [4.69, 9.17) is 9.47 Å².